The van der Waals surface area contributed by atoms with Crippen LogP contribution in [-0.2, 0) is 4.79 Å². The second kappa shape index (κ2) is 8.11. The number of hydrazone groups is 1. The molecule has 8 heteroatoms. The molecule has 2 aromatic carbocycles. The van der Waals surface area contributed by atoms with Gasteiger partial charge in [0.15, 0.2) is 5.75 Å². The Hall–Kier alpha value is -2.87. The van der Waals surface area contributed by atoms with Gasteiger partial charge in [-0.05, 0) is 31.2 Å². The van der Waals surface area contributed by atoms with Gasteiger partial charge >= 0.3 is 5.69 Å². The zero-order valence-electron chi connectivity index (χ0n) is 12.8. The molecule has 0 atom stereocenters. The summed E-state index contributed by atoms with van der Waals surface area (Å²) in [5.41, 5.74) is 3.48. The number of hydrogen-bond donors (Lipinski definition) is 2. The predicted molar refractivity (Wildman–Crippen MR) is 92.4 cm³/mol. The number of nitro benzene ring substituents is 1. The van der Waals surface area contributed by atoms with Gasteiger partial charge in [-0.25, -0.2) is 5.43 Å². The van der Waals surface area contributed by atoms with Crippen LogP contribution in [0.25, 0.3) is 0 Å². The Bertz CT molecular complexity index is 775. The zero-order chi connectivity index (χ0) is 17.5. The minimum Gasteiger partial charge on any atom is -0.502 e. The van der Waals surface area contributed by atoms with Crippen LogP contribution in [0.2, 0.25) is 0 Å². The third-order valence-electron chi connectivity index (χ3n) is 2.99. The van der Waals surface area contributed by atoms with E-state index in [4.69, 9.17) is 0 Å². The normalized spacial score (nSPS) is 10.7. The second-order valence-electron chi connectivity index (χ2n) is 4.90. The minimum absolute atomic E-state index is 0.204. The number of nitrogens with zero attached hydrogens (tertiary/aromatic N) is 2. The smallest absolute Gasteiger partial charge is 0.311 e. The summed E-state index contributed by atoms with van der Waals surface area (Å²) >= 11 is 1.38. The third kappa shape index (κ3) is 5.10. The number of hydrogen-bond acceptors (Lipinski definition) is 6. The molecule has 2 N–H and O–H groups in total. The van der Waals surface area contributed by atoms with Gasteiger partial charge in [0.1, 0.15) is 0 Å². The maximum absolute atomic E-state index is 11.7. The Labute approximate surface area is 142 Å². The molecule has 0 bridgehead atoms. The Morgan fingerprint density at radius 3 is 2.71 bits per heavy atom. The molecule has 0 fully saturated rings. The number of aryl methyl sites for hydroxylation is 1. The van der Waals surface area contributed by atoms with Gasteiger partial charge in [0, 0.05) is 16.5 Å². The van der Waals surface area contributed by atoms with E-state index in [0.29, 0.717) is 5.56 Å². The highest BCUT2D eigenvalue weighted by atomic mass is 32.2. The molecule has 0 saturated carbocycles. The lowest BCUT2D eigenvalue weighted by Crippen LogP contribution is -2.19. The van der Waals surface area contributed by atoms with Gasteiger partial charge in [0.2, 0.25) is 5.91 Å². The lowest BCUT2D eigenvalue weighted by atomic mass is 10.2. The van der Waals surface area contributed by atoms with E-state index >= 15 is 0 Å². The number of phenolic OH excluding ortho intramolecular Hbond substituents is 1. The quantitative estimate of drug-likeness (QED) is 0.362. The van der Waals surface area contributed by atoms with Crippen LogP contribution < -0.4 is 5.43 Å². The first-order chi connectivity index (χ1) is 11.5. The maximum atomic E-state index is 11.7. The van der Waals surface area contributed by atoms with Crippen molar-refractivity contribution in [1.82, 2.24) is 5.43 Å². The highest BCUT2D eigenvalue weighted by molar-refractivity contribution is 8.00. The molecule has 2 aromatic rings. The molecule has 0 spiro atoms. The minimum atomic E-state index is -0.691. The van der Waals surface area contributed by atoms with E-state index in [-0.39, 0.29) is 11.7 Å². The summed E-state index contributed by atoms with van der Waals surface area (Å²) in [5, 5.41) is 23.8. The van der Waals surface area contributed by atoms with E-state index in [0.717, 1.165) is 10.5 Å². The van der Waals surface area contributed by atoms with Crippen molar-refractivity contribution in [3.8, 4) is 5.75 Å². The van der Waals surface area contributed by atoms with Crippen LogP contribution in [-0.4, -0.2) is 27.9 Å². The number of thioether (sulfide) groups is 1. The largest absolute Gasteiger partial charge is 0.502 e. The number of carbonyl (C=O) groups excluding carboxylic acids is 1. The molecule has 0 aliphatic carbocycles. The van der Waals surface area contributed by atoms with Gasteiger partial charge < -0.3 is 5.11 Å². The van der Waals surface area contributed by atoms with Crippen LogP contribution in [0.3, 0.4) is 0 Å². The third-order valence-corrected chi connectivity index (χ3v) is 4.00. The Morgan fingerprint density at radius 1 is 1.33 bits per heavy atom. The fourth-order valence-corrected chi connectivity index (χ4v) is 2.45. The molecule has 2 rings (SSSR count). The summed E-state index contributed by atoms with van der Waals surface area (Å²) in [7, 11) is 0. The standard InChI is InChI=1S/C16H15N3O4S/c1-11-2-5-13(6-3-11)24-10-16(21)18-17-9-12-4-7-15(20)14(8-12)19(22)23/h2-9,20H,10H2,1H3,(H,18,21)/b17-9+. The SMILES string of the molecule is Cc1ccc(SCC(=O)N/N=C/c2ccc(O)c([N+](=O)[O-])c2)cc1. The van der Waals surface area contributed by atoms with Crippen molar-refractivity contribution in [2.24, 2.45) is 5.10 Å². The van der Waals surface area contributed by atoms with E-state index in [1.54, 1.807) is 0 Å². The average Bonchev–Trinajstić information content (AvgIpc) is 2.55. The summed E-state index contributed by atoms with van der Waals surface area (Å²) in [6, 6.07) is 11.6. The summed E-state index contributed by atoms with van der Waals surface area (Å²) in [6.45, 7) is 1.99. The lowest BCUT2D eigenvalue weighted by molar-refractivity contribution is -0.385. The summed E-state index contributed by atoms with van der Waals surface area (Å²) in [5.74, 6) is -0.503. The zero-order valence-corrected chi connectivity index (χ0v) is 13.6. The average molecular weight is 345 g/mol. The second-order valence-corrected chi connectivity index (χ2v) is 5.95. The molecule has 24 heavy (non-hydrogen) atoms. The molecule has 0 radical (unpaired) electrons. The highest BCUT2D eigenvalue weighted by Crippen LogP contribution is 2.25. The van der Waals surface area contributed by atoms with Gasteiger partial charge in [-0.15, -0.1) is 11.8 Å². The van der Waals surface area contributed by atoms with Gasteiger partial charge in [-0.1, -0.05) is 17.7 Å². The van der Waals surface area contributed by atoms with Crippen LogP contribution in [0.1, 0.15) is 11.1 Å². The van der Waals surface area contributed by atoms with Gasteiger partial charge in [0.25, 0.3) is 0 Å². The van der Waals surface area contributed by atoms with Crippen molar-refractivity contribution in [3.05, 3.63) is 63.7 Å². The van der Waals surface area contributed by atoms with Crippen molar-refractivity contribution >= 4 is 29.6 Å². The van der Waals surface area contributed by atoms with Crippen molar-refractivity contribution in [1.29, 1.82) is 0 Å². The molecule has 0 aliphatic rings. The number of nitro groups is 1. The van der Waals surface area contributed by atoms with Gasteiger partial charge in [-0.3, -0.25) is 14.9 Å². The molecule has 1 amide bonds. The molecule has 0 aliphatic heterocycles. The van der Waals surface area contributed by atoms with Crippen molar-refractivity contribution in [2.45, 2.75) is 11.8 Å². The fraction of sp³-hybridized carbons (Fsp3) is 0.125. The van der Waals surface area contributed by atoms with E-state index in [1.807, 2.05) is 31.2 Å². The molecule has 0 unspecified atom stereocenters. The van der Waals surface area contributed by atoms with Crippen molar-refractivity contribution in [3.63, 3.8) is 0 Å². The Balaban J connectivity index is 1.87. The number of aromatic hydroxyl groups is 1. The predicted octanol–water partition coefficient (Wildman–Crippen LogP) is 2.85. The molecule has 0 saturated heterocycles. The molecule has 0 aromatic heterocycles. The molecular weight excluding hydrogens is 330 g/mol. The number of carbonyl (C=O) groups is 1. The summed E-state index contributed by atoms with van der Waals surface area (Å²) < 4.78 is 0. The van der Waals surface area contributed by atoms with E-state index < -0.39 is 16.4 Å². The van der Waals surface area contributed by atoms with Crippen LogP contribution in [0.4, 0.5) is 5.69 Å². The first kappa shape index (κ1) is 17.5. The molecule has 7 nitrogen and oxygen atoms in total. The molecule has 0 heterocycles. The van der Waals surface area contributed by atoms with Crippen LogP contribution in [0.5, 0.6) is 5.75 Å². The monoisotopic (exact) mass is 345 g/mol. The Morgan fingerprint density at radius 2 is 2.04 bits per heavy atom. The fourth-order valence-electron chi connectivity index (χ4n) is 1.76. The summed E-state index contributed by atoms with van der Waals surface area (Å²) in [6.07, 6.45) is 1.28. The lowest BCUT2D eigenvalue weighted by Gasteiger charge is -2.01. The summed E-state index contributed by atoms with van der Waals surface area (Å²) in [4.78, 5) is 22.7. The van der Waals surface area contributed by atoms with Crippen molar-refractivity contribution < 1.29 is 14.8 Å². The highest BCUT2D eigenvalue weighted by Gasteiger charge is 2.12. The topological polar surface area (TPSA) is 105 Å². The number of phenols is 1. The van der Waals surface area contributed by atoms with E-state index in [1.165, 1.54) is 36.2 Å². The number of rotatable bonds is 6. The van der Waals surface area contributed by atoms with Crippen LogP contribution >= 0.6 is 11.8 Å². The van der Waals surface area contributed by atoms with Gasteiger partial charge in [0.05, 0.1) is 16.9 Å². The molecular formula is C16H15N3O4S. The van der Waals surface area contributed by atoms with Gasteiger partial charge in [-0.2, -0.15) is 5.10 Å². The Kier molecular flexibility index (Phi) is 5.91. The number of benzene rings is 2. The first-order valence-electron chi connectivity index (χ1n) is 6.94. The van der Waals surface area contributed by atoms with E-state index in [2.05, 4.69) is 10.5 Å². The first-order valence-corrected chi connectivity index (χ1v) is 7.93. The van der Waals surface area contributed by atoms with Crippen molar-refractivity contribution in [2.75, 3.05) is 5.75 Å². The number of nitrogens with one attached hydrogen (secondary N) is 1. The maximum Gasteiger partial charge on any atom is 0.311 e. The van der Waals surface area contributed by atoms with E-state index in [9.17, 15) is 20.0 Å². The van der Waals surface area contributed by atoms with Crippen LogP contribution in [0, 0.1) is 17.0 Å². The number of amides is 1. The molecule has 124 valence electrons. The van der Waals surface area contributed by atoms with Crippen LogP contribution in [0.15, 0.2) is 52.5 Å².